The highest BCUT2D eigenvalue weighted by molar-refractivity contribution is 5.94. The van der Waals surface area contributed by atoms with E-state index in [1.165, 1.54) is 19.3 Å². The van der Waals surface area contributed by atoms with Crippen molar-refractivity contribution in [3.63, 3.8) is 0 Å². The van der Waals surface area contributed by atoms with E-state index < -0.39 is 0 Å². The molecule has 3 N–H and O–H groups in total. The first-order valence-electron chi connectivity index (χ1n) is 9.05. The molecule has 6 nitrogen and oxygen atoms in total. The summed E-state index contributed by atoms with van der Waals surface area (Å²) in [7, 11) is 3.25. The Morgan fingerprint density at radius 1 is 1.20 bits per heavy atom. The molecule has 1 aliphatic rings. The van der Waals surface area contributed by atoms with E-state index in [0.29, 0.717) is 18.3 Å². The third-order valence-electron chi connectivity index (χ3n) is 4.58. The molecule has 0 heterocycles. The first-order valence-corrected chi connectivity index (χ1v) is 9.05. The van der Waals surface area contributed by atoms with Gasteiger partial charge in [-0.25, -0.2) is 0 Å². The number of nitrogens with zero attached hydrogens (tertiary/aromatic N) is 1. The Morgan fingerprint density at radius 3 is 2.60 bits per heavy atom. The Labute approximate surface area is 150 Å². The second kappa shape index (κ2) is 9.51. The van der Waals surface area contributed by atoms with Gasteiger partial charge in [-0.1, -0.05) is 26.2 Å². The zero-order valence-corrected chi connectivity index (χ0v) is 15.6. The number of hydrogen-bond donors (Lipinski definition) is 2. The summed E-state index contributed by atoms with van der Waals surface area (Å²) in [5, 5.41) is 3.12. The monoisotopic (exact) mass is 349 g/mol. The van der Waals surface area contributed by atoms with Crippen molar-refractivity contribution in [2.24, 2.45) is 10.7 Å². The average Bonchev–Trinajstić information content (AvgIpc) is 2.65. The highest BCUT2D eigenvalue weighted by Gasteiger charge is 2.32. The summed E-state index contributed by atoms with van der Waals surface area (Å²) < 4.78 is 16.8. The number of methoxy groups -OCH3 is 2. The molecule has 6 heteroatoms. The number of hydrogen-bond acceptors (Lipinski definition) is 4. The van der Waals surface area contributed by atoms with Crippen molar-refractivity contribution in [3.05, 3.63) is 18.2 Å². The van der Waals surface area contributed by atoms with Crippen molar-refractivity contribution in [1.82, 2.24) is 0 Å². The Hall–Kier alpha value is -1.95. The predicted molar refractivity (Wildman–Crippen MR) is 102 cm³/mol. The van der Waals surface area contributed by atoms with Gasteiger partial charge in [-0.3, -0.25) is 4.99 Å². The summed E-state index contributed by atoms with van der Waals surface area (Å²) in [6, 6.07) is 5.51. The number of nitrogens with one attached hydrogen (secondary N) is 1. The van der Waals surface area contributed by atoms with E-state index in [0.717, 1.165) is 37.3 Å². The summed E-state index contributed by atoms with van der Waals surface area (Å²) in [5.74, 6) is 1.77. The van der Waals surface area contributed by atoms with Crippen LogP contribution in [0.15, 0.2) is 23.2 Å². The SMILES string of the molecule is CCCOC1(CN=C(N)Nc2cc(OC)ccc2OC)CCCCC1. The topological polar surface area (TPSA) is 78.1 Å². The molecular weight excluding hydrogens is 318 g/mol. The van der Waals surface area contributed by atoms with Gasteiger partial charge in [-0.05, 0) is 31.4 Å². The second-order valence-electron chi connectivity index (χ2n) is 6.48. The smallest absolute Gasteiger partial charge is 0.193 e. The van der Waals surface area contributed by atoms with Gasteiger partial charge in [0.15, 0.2) is 5.96 Å². The Morgan fingerprint density at radius 2 is 1.96 bits per heavy atom. The summed E-state index contributed by atoms with van der Waals surface area (Å²) in [6.45, 7) is 3.48. The number of rotatable bonds is 8. The van der Waals surface area contributed by atoms with Crippen LogP contribution in [-0.4, -0.2) is 38.9 Å². The molecule has 0 atom stereocenters. The van der Waals surface area contributed by atoms with Crippen LogP contribution >= 0.6 is 0 Å². The molecule has 140 valence electrons. The van der Waals surface area contributed by atoms with Crippen LogP contribution in [0.5, 0.6) is 11.5 Å². The fourth-order valence-electron chi connectivity index (χ4n) is 3.18. The Bertz CT molecular complexity index is 569. The van der Waals surface area contributed by atoms with Gasteiger partial charge in [0.1, 0.15) is 11.5 Å². The van der Waals surface area contributed by atoms with E-state index in [2.05, 4.69) is 17.2 Å². The van der Waals surface area contributed by atoms with Crippen molar-refractivity contribution in [3.8, 4) is 11.5 Å². The molecule has 1 aromatic rings. The van der Waals surface area contributed by atoms with Crippen LogP contribution in [0, 0.1) is 0 Å². The maximum atomic E-state index is 6.17. The van der Waals surface area contributed by atoms with Crippen LogP contribution < -0.4 is 20.5 Å². The molecule has 0 radical (unpaired) electrons. The Kier molecular flexibility index (Phi) is 7.37. The maximum Gasteiger partial charge on any atom is 0.193 e. The third kappa shape index (κ3) is 5.53. The normalized spacial score (nSPS) is 17.2. The maximum absolute atomic E-state index is 6.17. The number of aliphatic imine (C=N–C) groups is 1. The molecule has 25 heavy (non-hydrogen) atoms. The molecule has 1 aromatic carbocycles. The second-order valence-corrected chi connectivity index (χ2v) is 6.48. The van der Waals surface area contributed by atoms with Crippen molar-refractivity contribution in [2.75, 3.05) is 32.7 Å². The van der Waals surface area contributed by atoms with Gasteiger partial charge < -0.3 is 25.3 Å². The molecule has 0 saturated heterocycles. The molecule has 0 amide bonds. The highest BCUT2D eigenvalue weighted by atomic mass is 16.5. The van der Waals surface area contributed by atoms with E-state index in [-0.39, 0.29) is 5.60 Å². The molecule has 0 aliphatic heterocycles. The van der Waals surface area contributed by atoms with Gasteiger partial charge in [0.05, 0.1) is 32.1 Å². The first-order chi connectivity index (χ1) is 12.1. The minimum atomic E-state index is -0.168. The molecule has 1 saturated carbocycles. The standard InChI is InChI=1S/C19H31N3O3/c1-4-12-25-19(10-6-5-7-11-19)14-21-18(20)22-16-13-15(23-2)8-9-17(16)24-3/h8-9,13H,4-7,10-12,14H2,1-3H3,(H3,20,21,22). The van der Waals surface area contributed by atoms with Crippen LogP contribution in [-0.2, 0) is 4.74 Å². The summed E-state index contributed by atoms with van der Waals surface area (Å²) >= 11 is 0. The lowest BCUT2D eigenvalue weighted by atomic mass is 9.84. The zero-order chi connectivity index (χ0) is 18.1. The van der Waals surface area contributed by atoms with Crippen molar-refractivity contribution < 1.29 is 14.2 Å². The van der Waals surface area contributed by atoms with Crippen LogP contribution in [0.3, 0.4) is 0 Å². The van der Waals surface area contributed by atoms with E-state index >= 15 is 0 Å². The van der Waals surface area contributed by atoms with Gasteiger partial charge in [-0.2, -0.15) is 0 Å². The molecule has 1 aliphatic carbocycles. The zero-order valence-electron chi connectivity index (χ0n) is 15.6. The third-order valence-corrected chi connectivity index (χ3v) is 4.58. The predicted octanol–water partition coefficient (Wildman–Crippen LogP) is 3.56. The molecule has 0 aromatic heterocycles. The summed E-state index contributed by atoms with van der Waals surface area (Å²) in [5.41, 5.74) is 6.68. The van der Waals surface area contributed by atoms with Gasteiger partial charge in [-0.15, -0.1) is 0 Å². The number of anilines is 1. The van der Waals surface area contributed by atoms with Gasteiger partial charge in [0, 0.05) is 12.7 Å². The molecule has 0 bridgehead atoms. The van der Waals surface area contributed by atoms with E-state index in [4.69, 9.17) is 19.9 Å². The molecule has 1 fully saturated rings. The van der Waals surface area contributed by atoms with Crippen LogP contribution in [0.4, 0.5) is 5.69 Å². The van der Waals surface area contributed by atoms with Gasteiger partial charge in [0.2, 0.25) is 0 Å². The Balaban J connectivity index is 2.07. The quantitative estimate of drug-likeness (QED) is 0.554. The average molecular weight is 349 g/mol. The number of ether oxygens (including phenoxy) is 3. The van der Waals surface area contributed by atoms with Gasteiger partial charge >= 0.3 is 0 Å². The van der Waals surface area contributed by atoms with E-state index in [1.54, 1.807) is 14.2 Å². The van der Waals surface area contributed by atoms with Crippen LogP contribution in [0.2, 0.25) is 0 Å². The van der Waals surface area contributed by atoms with E-state index in [1.807, 2.05) is 18.2 Å². The number of guanidine groups is 1. The minimum Gasteiger partial charge on any atom is -0.497 e. The summed E-state index contributed by atoms with van der Waals surface area (Å²) in [6.07, 6.45) is 6.76. The fourth-order valence-corrected chi connectivity index (χ4v) is 3.18. The van der Waals surface area contributed by atoms with Crippen LogP contribution in [0.25, 0.3) is 0 Å². The van der Waals surface area contributed by atoms with Crippen molar-refractivity contribution in [1.29, 1.82) is 0 Å². The van der Waals surface area contributed by atoms with E-state index in [9.17, 15) is 0 Å². The molecule has 2 rings (SSSR count). The van der Waals surface area contributed by atoms with Gasteiger partial charge in [0.25, 0.3) is 0 Å². The lowest BCUT2D eigenvalue weighted by molar-refractivity contribution is -0.0624. The molecular formula is C19H31N3O3. The van der Waals surface area contributed by atoms with Crippen molar-refractivity contribution >= 4 is 11.6 Å². The van der Waals surface area contributed by atoms with Crippen LogP contribution in [0.1, 0.15) is 45.4 Å². The fraction of sp³-hybridized carbons (Fsp3) is 0.632. The lowest BCUT2D eigenvalue weighted by Crippen LogP contribution is -2.40. The molecule has 0 unspecified atom stereocenters. The van der Waals surface area contributed by atoms with Crippen molar-refractivity contribution in [2.45, 2.75) is 51.0 Å². The highest BCUT2D eigenvalue weighted by Crippen LogP contribution is 2.32. The number of benzene rings is 1. The minimum absolute atomic E-state index is 0.168. The summed E-state index contributed by atoms with van der Waals surface area (Å²) in [4.78, 5) is 4.56. The largest absolute Gasteiger partial charge is 0.497 e. The first kappa shape index (κ1) is 19.4. The lowest BCUT2D eigenvalue weighted by Gasteiger charge is -2.36. The number of nitrogens with two attached hydrogens (primary N) is 1. The molecule has 0 spiro atoms.